The first kappa shape index (κ1) is 18.8. The molecule has 1 fully saturated rings. The molecule has 4 nitrogen and oxygen atoms in total. The molecule has 138 valence electrons. The predicted molar refractivity (Wildman–Crippen MR) is 97.9 cm³/mol. The molecule has 6 heteroatoms. The van der Waals surface area contributed by atoms with Crippen molar-refractivity contribution in [3.8, 4) is 5.75 Å². The van der Waals surface area contributed by atoms with Gasteiger partial charge in [0.25, 0.3) is 0 Å². The van der Waals surface area contributed by atoms with E-state index in [1.807, 2.05) is 17.0 Å². The van der Waals surface area contributed by atoms with E-state index in [4.69, 9.17) is 16.3 Å². The van der Waals surface area contributed by atoms with Crippen molar-refractivity contribution in [1.82, 2.24) is 4.90 Å². The molecule has 1 heterocycles. The van der Waals surface area contributed by atoms with Gasteiger partial charge in [-0.2, -0.15) is 0 Å². The van der Waals surface area contributed by atoms with Crippen LogP contribution < -0.4 is 4.74 Å². The zero-order valence-electron chi connectivity index (χ0n) is 14.3. The SMILES string of the molecule is O=C(COc1ccc(F)cc1)CN1CCC(O)(c2ccc(Cl)cc2)CC1. The molecule has 3 rings (SSSR count). The van der Waals surface area contributed by atoms with E-state index in [2.05, 4.69) is 0 Å². The fourth-order valence-electron chi connectivity index (χ4n) is 3.12. The van der Waals surface area contributed by atoms with Crippen molar-refractivity contribution in [1.29, 1.82) is 0 Å². The van der Waals surface area contributed by atoms with E-state index in [-0.39, 0.29) is 24.8 Å². The van der Waals surface area contributed by atoms with Gasteiger partial charge in [-0.15, -0.1) is 0 Å². The van der Waals surface area contributed by atoms with Gasteiger partial charge < -0.3 is 9.84 Å². The van der Waals surface area contributed by atoms with Crippen LogP contribution in [-0.4, -0.2) is 42.0 Å². The van der Waals surface area contributed by atoms with Gasteiger partial charge >= 0.3 is 0 Å². The third-order valence-corrected chi connectivity index (χ3v) is 4.93. The zero-order chi connectivity index (χ0) is 18.6. The number of nitrogens with zero attached hydrogens (tertiary/aromatic N) is 1. The molecule has 2 aromatic carbocycles. The highest BCUT2D eigenvalue weighted by Crippen LogP contribution is 2.33. The first-order valence-corrected chi connectivity index (χ1v) is 8.93. The van der Waals surface area contributed by atoms with Crippen LogP contribution in [0.1, 0.15) is 18.4 Å². The van der Waals surface area contributed by atoms with Crippen LogP contribution in [0.5, 0.6) is 5.75 Å². The Labute approximate surface area is 157 Å². The molecule has 0 unspecified atom stereocenters. The minimum atomic E-state index is -0.880. The van der Waals surface area contributed by atoms with Gasteiger partial charge in [-0.3, -0.25) is 9.69 Å². The Bertz CT molecular complexity index is 741. The molecular formula is C20H21ClFNO3. The molecule has 0 spiro atoms. The number of rotatable bonds is 6. The minimum absolute atomic E-state index is 0.0498. The van der Waals surface area contributed by atoms with E-state index in [1.165, 1.54) is 24.3 Å². The van der Waals surface area contributed by atoms with Crippen LogP contribution in [0.25, 0.3) is 0 Å². The Kier molecular flexibility index (Phi) is 5.91. The van der Waals surface area contributed by atoms with Gasteiger partial charge in [-0.25, -0.2) is 4.39 Å². The van der Waals surface area contributed by atoms with Crippen molar-refractivity contribution < 1.29 is 19.0 Å². The Morgan fingerprint density at radius 2 is 1.73 bits per heavy atom. The summed E-state index contributed by atoms with van der Waals surface area (Å²) in [5, 5.41) is 11.5. The van der Waals surface area contributed by atoms with E-state index in [9.17, 15) is 14.3 Å². The maximum absolute atomic E-state index is 12.8. The van der Waals surface area contributed by atoms with E-state index < -0.39 is 5.60 Å². The molecule has 2 aromatic rings. The number of aliphatic hydroxyl groups is 1. The monoisotopic (exact) mass is 377 g/mol. The molecule has 0 radical (unpaired) electrons. The number of hydrogen-bond donors (Lipinski definition) is 1. The number of ether oxygens (including phenoxy) is 1. The summed E-state index contributed by atoms with van der Waals surface area (Å²) in [4.78, 5) is 14.1. The number of carbonyl (C=O) groups excluding carboxylic acids is 1. The molecule has 0 atom stereocenters. The molecule has 26 heavy (non-hydrogen) atoms. The van der Waals surface area contributed by atoms with Gasteiger partial charge in [0.05, 0.1) is 12.1 Å². The average molecular weight is 378 g/mol. The fraction of sp³-hybridized carbons (Fsp3) is 0.350. The van der Waals surface area contributed by atoms with Crippen molar-refractivity contribution in [2.24, 2.45) is 0 Å². The van der Waals surface area contributed by atoms with Gasteiger partial charge in [0.15, 0.2) is 5.78 Å². The second-order valence-corrected chi connectivity index (χ2v) is 7.03. The molecule has 1 aliphatic heterocycles. The summed E-state index contributed by atoms with van der Waals surface area (Å²) in [6.45, 7) is 1.48. The highest BCUT2D eigenvalue weighted by Gasteiger charge is 2.34. The maximum atomic E-state index is 12.8. The number of hydrogen-bond acceptors (Lipinski definition) is 4. The number of benzene rings is 2. The predicted octanol–water partition coefficient (Wildman–Crippen LogP) is 3.41. The van der Waals surface area contributed by atoms with E-state index in [0.29, 0.717) is 36.7 Å². The lowest BCUT2D eigenvalue weighted by molar-refractivity contribution is -0.123. The number of ketones is 1. The number of likely N-dealkylation sites (tertiary alicyclic amines) is 1. The Morgan fingerprint density at radius 1 is 1.12 bits per heavy atom. The number of carbonyl (C=O) groups is 1. The largest absolute Gasteiger partial charge is 0.486 e. The van der Waals surface area contributed by atoms with Crippen LogP contribution in [0.4, 0.5) is 4.39 Å². The van der Waals surface area contributed by atoms with E-state index >= 15 is 0 Å². The molecule has 0 amide bonds. The number of Topliss-reactive ketones (excluding diaryl/α,β-unsaturated/α-hetero) is 1. The third kappa shape index (κ3) is 4.81. The van der Waals surface area contributed by atoms with Crippen LogP contribution in [-0.2, 0) is 10.4 Å². The van der Waals surface area contributed by atoms with Crippen LogP contribution in [0.3, 0.4) is 0 Å². The summed E-state index contributed by atoms with van der Waals surface area (Å²) in [7, 11) is 0. The summed E-state index contributed by atoms with van der Waals surface area (Å²) in [5.74, 6) is 0.0759. The summed E-state index contributed by atoms with van der Waals surface area (Å²) >= 11 is 5.90. The summed E-state index contributed by atoms with van der Waals surface area (Å²) < 4.78 is 18.2. The van der Waals surface area contributed by atoms with Crippen LogP contribution in [0.15, 0.2) is 48.5 Å². The molecule has 0 bridgehead atoms. The molecule has 0 aromatic heterocycles. The lowest BCUT2D eigenvalue weighted by Gasteiger charge is -2.38. The van der Waals surface area contributed by atoms with Crippen LogP contribution >= 0.6 is 11.6 Å². The van der Waals surface area contributed by atoms with Gasteiger partial charge in [0.1, 0.15) is 18.2 Å². The summed E-state index contributed by atoms with van der Waals surface area (Å²) in [6.07, 6.45) is 1.11. The molecule has 1 N–H and O–H groups in total. The second-order valence-electron chi connectivity index (χ2n) is 6.60. The molecular weight excluding hydrogens is 357 g/mol. The highest BCUT2D eigenvalue weighted by molar-refractivity contribution is 6.30. The lowest BCUT2D eigenvalue weighted by Crippen LogP contribution is -2.45. The second kappa shape index (κ2) is 8.16. The highest BCUT2D eigenvalue weighted by atomic mass is 35.5. The Morgan fingerprint density at radius 3 is 2.35 bits per heavy atom. The topological polar surface area (TPSA) is 49.8 Å². The quantitative estimate of drug-likeness (QED) is 0.838. The summed E-state index contributed by atoms with van der Waals surface area (Å²) in [5.41, 5.74) is -0.0260. The van der Waals surface area contributed by atoms with Crippen LogP contribution in [0, 0.1) is 5.82 Å². The first-order chi connectivity index (χ1) is 12.4. The third-order valence-electron chi connectivity index (χ3n) is 4.68. The zero-order valence-corrected chi connectivity index (χ0v) is 15.1. The minimum Gasteiger partial charge on any atom is -0.486 e. The van der Waals surface area contributed by atoms with Crippen molar-refractivity contribution in [2.75, 3.05) is 26.2 Å². The van der Waals surface area contributed by atoms with Crippen LogP contribution in [0.2, 0.25) is 5.02 Å². The average Bonchev–Trinajstić information content (AvgIpc) is 2.64. The number of halogens is 2. The Balaban J connectivity index is 1.46. The normalized spacial score (nSPS) is 17.0. The Hall–Kier alpha value is -1.95. The van der Waals surface area contributed by atoms with Gasteiger partial charge in [0, 0.05) is 18.1 Å². The van der Waals surface area contributed by atoms with Gasteiger partial charge in [-0.1, -0.05) is 23.7 Å². The maximum Gasteiger partial charge on any atom is 0.184 e. The number of piperidine rings is 1. The van der Waals surface area contributed by atoms with Crippen molar-refractivity contribution in [2.45, 2.75) is 18.4 Å². The molecule has 1 saturated heterocycles. The van der Waals surface area contributed by atoms with Crippen molar-refractivity contribution >= 4 is 17.4 Å². The van der Waals surface area contributed by atoms with E-state index in [1.54, 1.807) is 12.1 Å². The lowest BCUT2D eigenvalue weighted by atomic mass is 9.84. The molecule has 0 aliphatic carbocycles. The van der Waals surface area contributed by atoms with Gasteiger partial charge in [0.2, 0.25) is 0 Å². The smallest absolute Gasteiger partial charge is 0.184 e. The van der Waals surface area contributed by atoms with E-state index in [0.717, 1.165) is 5.56 Å². The van der Waals surface area contributed by atoms with Crippen molar-refractivity contribution in [3.05, 3.63) is 64.9 Å². The summed E-state index contributed by atoms with van der Waals surface area (Å²) in [6, 6.07) is 12.8. The standard InChI is InChI=1S/C20H21ClFNO3/c21-16-3-1-15(2-4-16)20(25)9-11-23(12-10-20)13-18(24)14-26-19-7-5-17(22)6-8-19/h1-8,25H,9-14H2. The molecule has 1 aliphatic rings. The van der Waals surface area contributed by atoms with Gasteiger partial charge in [-0.05, 0) is 54.8 Å². The fourth-order valence-corrected chi connectivity index (χ4v) is 3.25. The van der Waals surface area contributed by atoms with Crippen molar-refractivity contribution in [3.63, 3.8) is 0 Å². The first-order valence-electron chi connectivity index (χ1n) is 8.55. The molecule has 0 saturated carbocycles.